The summed E-state index contributed by atoms with van der Waals surface area (Å²) in [7, 11) is 6.46. The van der Waals surface area contributed by atoms with E-state index in [9.17, 15) is 0 Å². The lowest BCUT2D eigenvalue weighted by Gasteiger charge is -2.11. The number of para-hydroxylation sites is 1. The first-order valence-corrected chi connectivity index (χ1v) is 10.0. The molecular formula is C21H25ClN2S. The Bertz CT molecular complexity index is 837. The molecule has 1 heterocycles. The molecule has 0 aliphatic carbocycles. The molecule has 0 amide bonds. The zero-order valence-electron chi connectivity index (χ0n) is 15.1. The molecule has 3 rings (SSSR count). The molecule has 0 atom stereocenters. The van der Waals surface area contributed by atoms with E-state index >= 15 is 0 Å². The van der Waals surface area contributed by atoms with Crippen molar-refractivity contribution in [1.82, 2.24) is 9.47 Å². The van der Waals surface area contributed by atoms with Crippen LogP contribution >= 0.6 is 23.4 Å². The Morgan fingerprint density at radius 2 is 1.76 bits per heavy atom. The maximum atomic E-state index is 6.00. The third kappa shape index (κ3) is 4.41. The summed E-state index contributed by atoms with van der Waals surface area (Å²) < 4.78 is 2.35. The Hall–Kier alpha value is -1.42. The number of hydrogen-bond acceptors (Lipinski definition) is 2. The molecule has 0 aliphatic heterocycles. The predicted octanol–water partition coefficient (Wildman–Crippen LogP) is 5.62. The average Bonchev–Trinajstić information content (AvgIpc) is 2.87. The molecular weight excluding hydrogens is 348 g/mol. The second-order valence-corrected chi connectivity index (χ2v) is 8.08. The van der Waals surface area contributed by atoms with Crippen LogP contribution in [0.5, 0.6) is 0 Å². The Morgan fingerprint density at radius 3 is 2.48 bits per heavy atom. The molecule has 0 fully saturated rings. The minimum atomic E-state index is 0.794. The van der Waals surface area contributed by atoms with Crippen LogP contribution in [0.25, 0.3) is 10.9 Å². The molecule has 0 saturated carbocycles. The van der Waals surface area contributed by atoms with E-state index in [1.54, 1.807) is 0 Å². The highest BCUT2D eigenvalue weighted by molar-refractivity contribution is 7.98. The van der Waals surface area contributed by atoms with Crippen LogP contribution in [0, 0.1) is 0 Å². The monoisotopic (exact) mass is 372 g/mol. The lowest BCUT2D eigenvalue weighted by molar-refractivity contribution is 0.400. The summed E-state index contributed by atoms with van der Waals surface area (Å²) in [4.78, 5) is 2.26. The third-order valence-electron chi connectivity index (χ3n) is 4.47. The van der Waals surface area contributed by atoms with Gasteiger partial charge in [-0.2, -0.15) is 0 Å². The largest absolute Gasteiger partial charge is 0.339 e. The van der Waals surface area contributed by atoms with Crippen LogP contribution in [0.15, 0.2) is 53.6 Å². The van der Waals surface area contributed by atoms with Crippen LogP contribution in [-0.4, -0.2) is 30.1 Å². The lowest BCUT2D eigenvalue weighted by Crippen LogP contribution is -2.13. The second-order valence-electron chi connectivity index (χ2n) is 6.68. The molecule has 0 spiro atoms. The van der Waals surface area contributed by atoms with Gasteiger partial charge >= 0.3 is 0 Å². The van der Waals surface area contributed by atoms with Gasteiger partial charge < -0.3 is 9.47 Å². The minimum Gasteiger partial charge on any atom is -0.339 e. The Labute approximate surface area is 159 Å². The molecule has 0 N–H and O–H groups in total. The van der Waals surface area contributed by atoms with Crippen molar-refractivity contribution in [3.05, 3.63) is 64.7 Å². The van der Waals surface area contributed by atoms with Gasteiger partial charge in [-0.05, 0) is 62.8 Å². The van der Waals surface area contributed by atoms with Crippen LogP contribution in [0.1, 0.15) is 17.5 Å². The molecule has 132 valence electrons. The SMILES string of the molecule is CN(C)CCCc1c(SCc2ccc(Cl)cc2)n(C)c2ccccc12. The number of aromatic nitrogens is 1. The first kappa shape index (κ1) is 18.4. The highest BCUT2D eigenvalue weighted by Gasteiger charge is 2.15. The molecule has 2 nitrogen and oxygen atoms in total. The highest BCUT2D eigenvalue weighted by Crippen LogP contribution is 2.35. The number of rotatable bonds is 7. The molecule has 0 radical (unpaired) electrons. The van der Waals surface area contributed by atoms with Crippen molar-refractivity contribution >= 4 is 34.3 Å². The smallest absolute Gasteiger partial charge is 0.0792 e. The van der Waals surface area contributed by atoms with E-state index in [-0.39, 0.29) is 0 Å². The number of nitrogens with zero attached hydrogens (tertiary/aromatic N) is 2. The van der Waals surface area contributed by atoms with E-state index in [1.165, 1.54) is 33.5 Å². The first-order chi connectivity index (χ1) is 12.1. The summed E-state index contributed by atoms with van der Waals surface area (Å²) in [5.41, 5.74) is 4.11. The fourth-order valence-corrected chi connectivity index (χ4v) is 4.48. The van der Waals surface area contributed by atoms with Crippen LogP contribution in [0.2, 0.25) is 5.02 Å². The third-order valence-corrected chi connectivity index (χ3v) is 6.00. The van der Waals surface area contributed by atoms with Crippen LogP contribution in [0.4, 0.5) is 0 Å². The first-order valence-electron chi connectivity index (χ1n) is 8.64. The molecule has 2 aromatic carbocycles. The van der Waals surface area contributed by atoms with E-state index in [0.29, 0.717) is 0 Å². The van der Waals surface area contributed by atoms with Crippen LogP contribution in [0.3, 0.4) is 0 Å². The summed E-state index contributed by atoms with van der Waals surface area (Å²) >= 11 is 7.92. The van der Waals surface area contributed by atoms with Gasteiger partial charge in [-0.25, -0.2) is 0 Å². The summed E-state index contributed by atoms with van der Waals surface area (Å²) in [6.45, 7) is 1.12. The Balaban J connectivity index is 1.86. The second kappa shape index (κ2) is 8.31. The summed E-state index contributed by atoms with van der Waals surface area (Å²) in [6, 6.07) is 16.9. The van der Waals surface area contributed by atoms with Crippen molar-refractivity contribution in [3.8, 4) is 0 Å². The number of benzene rings is 2. The van der Waals surface area contributed by atoms with Crippen molar-refractivity contribution < 1.29 is 0 Å². The fourth-order valence-electron chi connectivity index (χ4n) is 3.18. The average molecular weight is 373 g/mol. The molecule has 25 heavy (non-hydrogen) atoms. The molecule has 0 unspecified atom stereocenters. The maximum absolute atomic E-state index is 6.00. The van der Waals surface area contributed by atoms with Gasteiger partial charge in [0.2, 0.25) is 0 Å². The predicted molar refractivity (Wildman–Crippen MR) is 111 cm³/mol. The minimum absolute atomic E-state index is 0.794. The molecule has 1 aromatic heterocycles. The molecule has 0 saturated heterocycles. The van der Waals surface area contributed by atoms with Gasteiger partial charge in [0.05, 0.1) is 5.03 Å². The zero-order valence-corrected chi connectivity index (χ0v) is 16.7. The van der Waals surface area contributed by atoms with E-state index < -0.39 is 0 Å². The topological polar surface area (TPSA) is 8.17 Å². The zero-order chi connectivity index (χ0) is 17.8. The standard InChI is InChI=1S/C21H25ClN2S/c1-23(2)14-6-8-19-18-7-4-5-9-20(18)24(3)21(19)25-15-16-10-12-17(22)13-11-16/h4-5,7,9-13H,6,8,14-15H2,1-3H3. The van der Waals surface area contributed by atoms with E-state index in [2.05, 4.69) is 67.0 Å². The summed E-state index contributed by atoms with van der Waals surface area (Å²) in [5, 5.41) is 3.57. The van der Waals surface area contributed by atoms with Gasteiger partial charge in [0.1, 0.15) is 0 Å². The van der Waals surface area contributed by atoms with Gasteiger partial charge in [0.15, 0.2) is 0 Å². The Kier molecular flexibility index (Phi) is 6.10. The van der Waals surface area contributed by atoms with Gasteiger partial charge in [-0.1, -0.05) is 41.9 Å². The van der Waals surface area contributed by atoms with Crippen molar-refractivity contribution in [2.75, 3.05) is 20.6 Å². The number of fused-ring (bicyclic) bond motifs is 1. The lowest BCUT2D eigenvalue weighted by atomic mass is 10.1. The van der Waals surface area contributed by atoms with E-state index in [1.807, 2.05) is 23.9 Å². The van der Waals surface area contributed by atoms with E-state index in [0.717, 1.165) is 23.7 Å². The normalized spacial score (nSPS) is 11.6. The number of thioether (sulfide) groups is 1. The quantitative estimate of drug-likeness (QED) is 0.497. The number of aryl methyl sites for hydroxylation is 2. The fraction of sp³-hybridized carbons (Fsp3) is 0.333. The van der Waals surface area contributed by atoms with Gasteiger partial charge in [0, 0.05) is 28.7 Å². The molecule has 4 heteroatoms. The van der Waals surface area contributed by atoms with Crippen LogP contribution < -0.4 is 0 Å². The van der Waals surface area contributed by atoms with Crippen molar-refractivity contribution in [1.29, 1.82) is 0 Å². The van der Waals surface area contributed by atoms with E-state index in [4.69, 9.17) is 11.6 Å². The molecule has 0 aliphatic rings. The van der Waals surface area contributed by atoms with Gasteiger partial charge in [0.25, 0.3) is 0 Å². The highest BCUT2D eigenvalue weighted by atomic mass is 35.5. The summed E-state index contributed by atoms with van der Waals surface area (Å²) in [5.74, 6) is 0.960. The van der Waals surface area contributed by atoms with Crippen LogP contribution in [-0.2, 0) is 19.2 Å². The van der Waals surface area contributed by atoms with Gasteiger partial charge in [-0.3, -0.25) is 0 Å². The van der Waals surface area contributed by atoms with Crippen molar-refractivity contribution in [3.63, 3.8) is 0 Å². The number of hydrogen-bond donors (Lipinski definition) is 0. The van der Waals surface area contributed by atoms with Crippen molar-refractivity contribution in [2.45, 2.75) is 23.6 Å². The molecule has 3 aromatic rings. The maximum Gasteiger partial charge on any atom is 0.0792 e. The van der Waals surface area contributed by atoms with Crippen molar-refractivity contribution in [2.24, 2.45) is 7.05 Å². The molecule has 0 bridgehead atoms. The van der Waals surface area contributed by atoms with Gasteiger partial charge in [-0.15, -0.1) is 11.8 Å². The number of halogens is 1. The Morgan fingerprint density at radius 1 is 1.04 bits per heavy atom. The summed E-state index contributed by atoms with van der Waals surface area (Å²) in [6.07, 6.45) is 2.29.